The number of hydrogen-bond acceptors (Lipinski definition) is 1. The Hall–Kier alpha value is -1.96. The molecule has 1 heterocycles. The highest BCUT2D eigenvalue weighted by Crippen LogP contribution is 2.23. The minimum atomic E-state index is -1.09. The summed E-state index contributed by atoms with van der Waals surface area (Å²) in [6.45, 7) is 3.43. The van der Waals surface area contributed by atoms with Gasteiger partial charge in [-0.15, -0.1) is 0 Å². The summed E-state index contributed by atoms with van der Waals surface area (Å²) in [6.07, 6.45) is 3.71. The van der Waals surface area contributed by atoms with E-state index >= 15 is 0 Å². The molecule has 0 N–H and O–H groups in total. The van der Waals surface area contributed by atoms with Gasteiger partial charge >= 0.3 is 0 Å². The van der Waals surface area contributed by atoms with E-state index in [1.165, 1.54) is 6.08 Å². The summed E-state index contributed by atoms with van der Waals surface area (Å²) in [5.41, 5.74) is 2.69. The number of pyridine rings is 1. The zero-order valence-corrected chi connectivity index (χ0v) is 8.81. The fourth-order valence-corrected chi connectivity index (χ4v) is 1.53. The zero-order valence-electron chi connectivity index (χ0n) is 8.81. The minimum Gasteiger partial charge on any atom is -0.264 e. The molecule has 1 aromatic carbocycles. The van der Waals surface area contributed by atoms with E-state index in [-0.39, 0.29) is 0 Å². The molecule has 1 atom stereocenters. The molecule has 0 aliphatic carbocycles. The molecule has 0 aliphatic rings. The summed E-state index contributed by atoms with van der Waals surface area (Å²) in [4.78, 5) is 4.04. The first kappa shape index (κ1) is 10.6. The van der Waals surface area contributed by atoms with Crippen molar-refractivity contribution in [3.63, 3.8) is 0 Å². The molecule has 0 saturated heterocycles. The van der Waals surface area contributed by atoms with Gasteiger partial charge in [-0.1, -0.05) is 43.0 Å². The van der Waals surface area contributed by atoms with Gasteiger partial charge in [0.05, 0.1) is 0 Å². The predicted octanol–water partition coefficient (Wildman–Crippen LogP) is 3.95. The molecule has 0 radical (unpaired) electrons. The van der Waals surface area contributed by atoms with Crippen LogP contribution in [0.2, 0.25) is 0 Å². The molecule has 1 unspecified atom stereocenters. The number of aromatic nitrogens is 1. The second kappa shape index (κ2) is 4.71. The first-order valence-corrected chi connectivity index (χ1v) is 5.08. The molecule has 80 valence electrons. The molecule has 1 aromatic heterocycles. The molecule has 2 rings (SSSR count). The fourth-order valence-electron chi connectivity index (χ4n) is 1.53. The van der Waals surface area contributed by atoms with Gasteiger partial charge in [0.1, 0.15) is 6.17 Å². The van der Waals surface area contributed by atoms with Gasteiger partial charge in [-0.25, -0.2) is 4.39 Å². The Labute approximate surface area is 94.3 Å². The third kappa shape index (κ3) is 2.16. The third-order valence-corrected chi connectivity index (χ3v) is 2.43. The third-order valence-electron chi connectivity index (χ3n) is 2.43. The number of nitrogens with zero attached hydrogens (tertiary/aromatic N) is 1. The van der Waals surface area contributed by atoms with Crippen molar-refractivity contribution in [2.75, 3.05) is 0 Å². The van der Waals surface area contributed by atoms with E-state index < -0.39 is 6.17 Å². The Balaban J connectivity index is 2.30. The van der Waals surface area contributed by atoms with Crippen LogP contribution >= 0.6 is 0 Å². The van der Waals surface area contributed by atoms with Crippen LogP contribution in [-0.2, 0) is 0 Å². The lowest BCUT2D eigenvalue weighted by molar-refractivity contribution is 0.415. The van der Waals surface area contributed by atoms with Crippen molar-refractivity contribution < 1.29 is 4.39 Å². The minimum absolute atomic E-state index is 0.627. The summed E-state index contributed by atoms with van der Waals surface area (Å²) >= 11 is 0. The number of halogens is 1. The first-order chi connectivity index (χ1) is 7.81. The summed E-state index contributed by atoms with van der Waals surface area (Å²) in [5.74, 6) is 0. The Morgan fingerprint density at radius 1 is 1.12 bits per heavy atom. The van der Waals surface area contributed by atoms with Gasteiger partial charge in [-0.2, -0.15) is 0 Å². The highest BCUT2D eigenvalue weighted by molar-refractivity contribution is 5.62. The number of alkyl halides is 1. The van der Waals surface area contributed by atoms with E-state index in [0.717, 1.165) is 11.1 Å². The Morgan fingerprint density at radius 3 is 2.44 bits per heavy atom. The number of benzene rings is 1. The SMILES string of the molecule is C=CC(F)c1ccc(-c2cccnc2)cc1. The number of allylic oxidation sites excluding steroid dienone is 1. The molecule has 1 nitrogen and oxygen atoms in total. The zero-order chi connectivity index (χ0) is 11.4. The van der Waals surface area contributed by atoms with Crippen LogP contribution in [0.25, 0.3) is 11.1 Å². The van der Waals surface area contributed by atoms with Gasteiger partial charge in [-0.05, 0) is 22.8 Å². The maximum absolute atomic E-state index is 13.3. The number of hydrogen-bond donors (Lipinski definition) is 0. The van der Waals surface area contributed by atoms with E-state index in [1.54, 1.807) is 24.5 Å². The van der Waals surface area contributed by atoms with Crippen molar-refractivity contribution in [3.8, 4) is 11.1 Å². The van der Waals surface area contributed by atoms with Crippen molar-refractivity contribution in [3.05, 3.63) is 67.0 Å². The van der Waals surface area contributed by atoms with Crippen LogP contribution in [0.3, 0.4) is 0 Å². The molecule has 0 spiro atoms. The second-order valence-electron chi connectivity index (χ2n) is 3.50. The van der Waals surface area contributed by atoms with Crippen LogP contribution in [0.1, 0.15) is 11.7 Å². The fraction of sp³-hybridized carbons (Fsp3) is 0.0714. The molecular weight excluding hydrogens is 201 g/mol. The number of rotatable bonds is 3. The predicted molar refractivity (Wildman–Crippen MR) is 63.7 cm³/mol. The quantitative estimate of drug-likeness (QED) is 0.703. The first-order valence-electron chi connectivity index (χ1n) is 5.08. The van der Waals surface area contributed by atoms with Crippen LogP contribution < -0.4 is 0 Å². The van der Waals surface area contributed by atoms with Gasteiger partial charge in [0.2, 0.25) is 0 Å². The molecule has 0 amide bonds. The van der Waals surface area contributed by atoms with Crippen molar-refractivity contribution in [2.24, 2.45) is 0 Å². The van der Waals surface area contributed by atoms with Crippen LogP contribution in [0.5, 0.6) is 0 Å². The lowest BCUT2D eigenvalue weighted by atomic mass is 10.0. The highest BCUT2D eigenvalue weighted by Gasteiger charge is 2.04. The van der Waals surface area contributed by atoms with Crippen molar-refractivity contribution in [1.29, 1.82) is 0 Å². The second-order valence-corrected chi connectivity index (χ2v) is 3.50. The Bertz CT molecular complexity index is 462. The standard InChI is InChI=1S/C14H12FN/c1-2-14(15)12-7-5-11(6-8-12)13-4-3-9-16-10-13/h2-10,14H,1H2. The van der Waals surface area contributed by atoms with E-state index in [4.69, 9.17) is 0 Å². The van der Waals surface area contributed by atoms with Crippen LogP contribution in [-0.4, -0.2) is 4.98 Å². The van der Waals surface area contributed by atoms with Gasteiger partial charge in [0.15, 0.2) is 0 Å². The van der Waals surface area contributed by atoms with E-state index in [2.05, 4.69) is 11.6 Å². The van der Waals surface area contributed by atoms with E-state index in [0.29, 0.717) is 5.56 Å². The summed E-state index contributed by atoms with van der Waals surface area (Å²) in [6, 6.07) is 11.2. The average molecular weight is 213 g/mol. The molecular formula is C14H12FN. The van der Waals surface area contributed by atoms with E-state index in [9.17, 15) is 4.39 Å². The summed E-state index contributed by atoms with van der Waals surface area (Å²) in [7, 11) is 0. The van der Waals surface area contributed by atoms with Crippen molar-refractivity contribution >= 4 is 0 Å². The molecule has 0 fully saturated rings. The van der Waals surface area contributed by atoms with Gasteiger partial charge in [0.25, 0.3) is 0 Å². The van der Waals surface area contributed by atoms with Gasteiger partial charge < -0.3 is 0 Å². The normalized spacial score (nSPS) is 12.1. The highest BCUT2D eigenvalue weighted by atomic mass is 19.1. The van der Waals surface area contributed by atoms with Crippen LogP contribution in [0, 0.1) is 0 Å². The average Bonchev–Trinajstić information content (AvgIpc) is 2.39. The topological polar surface area (TPSA) is 12.9 Å². The van der Waals surface area contributed by atoms with Crippen molar-refractivity contribution in [1.82, 2.24) is 4.98 Å². The smallest absolute Gasteiger partial charge is 0.143 e. The van der Waals surface area contributed by atoms with E-state index in [1.807, 2.05) is 24.3 Å². The largest absolute Gasteiger partial charge is 0.264 e. The molecule has 16 heavy (non-hydrogen) atoms. The van der Waals surface area contributed by atoms with Crippen molar-refractivity contribution in [2.45, 2.75) is 6.17 Å². The Morgan fingerprint density at radius 2 is 1.88 bits per heavy atom. The molecule has 2 heteroatoms. The maximum atomic E-state index is 13.3. The lowest BCUT2D eigenvalue weighted by Crippen LogP contribution is -1.86. The Kier molecular flexibility index (Phi) is 3.10. The maximum Gasteiger partial charge on any atom is 0.143 e. The van der Waals surface area contributed by atoms with Gasteiger partial charge in [-0.3, -0.25) is 4.98 Å². The van der Waals surface area contributed by atoms with Crippen LogP contribution in [0.15, 0.2) is 61.4 Å². The molecule has 2 aromatic rings. The molecule has 0 saturated carbocycles. The monoisotopic (exact) mass is 213 g/mol. The summed E-state index contributed by atoms with van der Waals surface area (Å²) < 4.78 is 13.3. The molecule has 0 bridgehead atoms. The van der Waals surface area contributed by atoms with Crippen LogP contribution in [0.4, 0.5) is 4.39 Å². The summed E-state index contributed by atoms with van der Waals surface area (Å²) in [5, 5.41) is 0. The van der Waals surface area contributed by atoms with Gasteiger partial charge in [0, 0.05) is 12.4 Å². The molecule has 0 aliphatic heterocycles. The lowest BCUT2D eigenvalue weighted by Gasteiger charge is -2.05.